The molecule has 1 aliphatic carbocycles. The quantitative estimate of drug-likeness (QED) is 0.828. The first kappa shape index (κ1) is 10.6. The van der Waals surface area contributed by atoms with Crippen molar-refractivity contribution in [2.24, 2.45) is 5.73 Å². The average Bonchev–Trinajstić information content (AvgIpc) is 2.78. The van der Waals surface area contributed by atoms with Crippen LogP contribution in [0.4, 0.5) is 0 Å². The van der Waals surface area contributed by atoms with Crippen LogP contribution in [0.25, 0.3) is 0 Å². The minimum atomic E-state index is 0.0438. The highest BCUT2D eigenvalue weighted by atomic mass is 15.4. The van der Waals surface area contributed by atoms with Gasteiger partial charge in [-0.05, 0) is 19.3 Å². The second kappa shape index (κ2) is 4.75. The highest BCUT2D eigenvalue weighted by Gasteiger charge is 2.17. The molecule has 1 atom stereocenters. The van der Waals surface area contributed by atoms with Gasteiger partial charge in [-0.15, -0.1) is 5.10 Å². The molecular weight excluding hydrogens is 188 g/mol. The Balaban J connectivity index is 2.05. The van der Waals surface area contributed by atoms with Crippen LogP contribution in [0.2, 0.25) is 0 Å². The summed E-state index contributed by atoms with van der Waals surface area (Å²) in [6.45, 7) is 2.07. The smallest absolute Gasteiger partial charge is 0.0994 e. The van der Waals surface area contributed by atoms with Gasteiger partial charge in [0.15, 0.2) is 0 Å². The maximum Gasteiger partial charge on any atom is 0.0994 e. The molecule has 1 unspecified atom stereocenters. The molecule has 0 bridgehead atoms. The van der Waals surface area contributed by atoms with E-state index in [1.165, 1.54) is 32.1 Å². The third-order valence-electron chi connectivity index (χ3n) is 3.30. The van der Waals surface area contributed by atoms with E-state index in [2.05, 4.69) is 17.2 Å². The zero-order valence-corrected chi connectivity index (χ0v) is 9.39. The van der Waals surface area contributed by atoms with Gasteiger partial charge in [-0.1, -0.05) is 31.4 Å². The molecule has 2 rings (SSSR count). The Morgan fingerprint density at radius 2 is 2.20 bits per heavy atom. The van der Waals surface area contributed by atoms with Gasteiger partial charge in [0.1, 0.15) is 0 Å². The lowest BCUT2D eigenvalue weighted by Crippen LogP contribution is -2.13. The average molecular weight is 208 g/mol. The van der Waals surface area contributed by atoms with Crippen LogP contribution in [0, 0.1) is 0 Å². The predicted octanol–water partition coefficient (Wildman–Crippen LogP) is 2.19. The highest BCUT2D eigenvalue weighted by molar-refractivity contribution is 4.99. The van der Waals surface area contributed by atoms with E-state index in [1.807, 2.05) is 10.9 Å². The van der Waals surface area contributed by atoms with E-state index in [0.29, 0.717) is 6.04 Å². The van der Waals surface area contributed by atoms with Crippen molar-refractivity contribution in [1.82, 2.24) is 15.0 Å². The van der Waals surface area contributed by atoms with Crippen molar-refractivity contribution in [1.29, 1.82) is 0 Å². The van der Waals surface area contributed by atoms with Gasteiger partial charge in [-0.3, -0.25) is 0 Å². The molecule has 0 saturated heterocycles. The summed E-state index contributed by atoms with van der Waals surface area (Å²) in [5, 5.41) is 8.35. The summed E-state index contributed by atoms with van der Waals surface area (Å²) in [4.78, 5) is 0. The molecule has 15 heavy (non-hydrogen) atoms. The molecule has 84 valence electrons. The molecule has 1 heterocycles. The lowest BCUT2D eigenvalue weighted by molar-refractivity contribution is 0.324. The monoisotopic (exact) mass is 208 g/mol. The van der Waals surface area contributed by atoms with Gasteiger partial charge in [-0.2, -0.15) is 0 Å². The lowest BCUT2D eigenvalue weighted by atomic mass is 9.96. The van der Waals surface area contributed by atoms with Crippen molar-refractivity contribution in [3.05, 3.63) is 11.9 Å². The maximum absolute atomic E-state index is 5.92. The SMILES string of the molecule is CCC(N)c1cn(C2CCCCC2)nn1. The fourth-order valence-corrected chi connectivity index (χ4v) is 2.19. The number of rotatable bonds is 3. The molecule has 0 aliphatic heterocycles. The minimum absolute atomic E-state index is 0.0438. The van der Waals surface area contributed by atoms with Crippen LogP contribution in [-0.2, 0) is 0 Å². The van der Waals surface area contributed by atoms with E-state index >= 15 is 0 Å². The van der Waals surface area contributed by atoms with Gasteiger partial charge in [-0.25, -0.2) is 4.68 Å². The van der Waals surface area contributed by atoms with Gasteiger partial charge < -0.3 is 5.73 Å². The topological polar surface area (TPSA) is 56.7 Å². The number of hydrogen-bond donors (Lipinski definition) is 1. The summed E-state index contributed by atoms with van der Waals surface area (Å²) >= 11 is 0. The van der Waals surface area contributed by atoms with E-state index in [1.54, 1.807) is 0 Å². The van der Waals surface area contributed by atoms with Gasteiger partial charge in [0, 0.05) is 0 Å². The molecule has 1 fully saturated rings. The first-order valence-electron chi connectivity index (χ1n) is 5.98. The minimum Gasteiger partial charge on any atom is -0.323 e. The van der Waals surface area contributed by atoms with Crippen LogP contribution in [0.5, 0.6) is 0 Å². The molecule has 0 radical (unpaired) electrons. The molecule has 4 nitrogen and oxygen atoms in total. The van der Waals surface area contributed by atoms with Gasteiger partial charge in [0.05, 0.1) is 24.0 Å². The van der Waals surface area contributed by atoms with E-state index in [0.717, 1.165) is 12.1 Å². The summed E-state index contributed by atoms with van der Waals surface area (Å²) in [6, 6.07) is 0.603. The fourth-order valence-electron chi connectivity index (χ4n) is 2.19. The summed E-state index contributed by atoms with van der Waals surface area (Å²) < 4.78 is 2.02. The molecule has 4 heteroatoms. The van der Waals surface area contributed by atoms with Crippen molar-refractivity contribution in [3.8, 4) is 0 Å². The zero-order valence-electron chi connectivity index (χ0n) is 9.39. The molecule has 1 aromatic heterocycles. The van der Waals surface area contributed by atoms with Crippen LogP contribution < -0.4 is 5.73 Å². The Morgan fingerprint density at radius 1 is 1.47 bits per heavy atom. The predicted molar refractivity (Wildman–Crippen MR) is 59.4 cm³/mol. The fraction of sp³-hybridized carbons (Fsp3) is 0.818. The Kier molecular flexibility index (Phi) is 3.36. The van der Waals surface area contributed by atoms with Crippen LogP contribution in [0.15, 0.2) is 6.20 Å². The Bertz CT molecular complexity index is 301. The standard InChI is InChI=1S/C11H20N4/c1-2-10(12)11-8-15(14-13-11)9-6-4-3-5-7-9/h8-10H,2-7,12H2,1H3. The van der Waals surface area contributed by atoms with E-state index < -0.39 is 0 Å². The van der Waals surface area contributed by atoms with Crippen molar-refractivity contribution in [2.75, 3.05) is 0 Å². The molecule has 0 spiro atoms. The number of nitrogens with two attached hydrogens (primary N) is 1. The van der Waals surface area contributed by atoms with Crippen molar-refractivity contribution < 1.29 is 0 Å². The second-order valence-electron chi connectivity index (χ2n) is 4.43. The Hall–Kier alpha value is -0.900. The van der Waals surface area contributed by atoms with Crippen molar-refractivity contribution in [2.45, 2.75) is 57.5 Å². The van der Waals surface area contributed by atoms with E-state index in [4.69, 9.17) is 5.73 Å². The Labute approximate surface area is 90.8 Å². The molecule has 1 aromatic rings. The van der Waals surface area contributed by atoms with Crippen molar-refractivity contribution in [3.63, 3.8) is 0 Å². The maximum atomic E-state index is 5.92. The lowest BCUT2D eigenvalue weighted by Gasteiger charge is -2.21. The third kappa shape index (κ3) is 2.37. The molecule has 2 N–H and O–H groups in total. The van der Waals surface area contributed by atoms with Gasteiger partial charge in [0.25, 0.3) is 0 Å². The van der Waals surface area contributed by atoms with Crippen LogP contribution in [0.1, 0.15) is 63.2 Å². The first-order valence-corrected chi connectivity index (χ1v) is 5.98. The number of nitrogens with zero attached hydrogens (tertiary/aromatic N) is 3. The summed E-state index contributed by atoms with van der Waals surface area (Å²) in [6.07, 6.45) is 9.44. The summed E-state index contributed by atoms with van der Waals surface area (Å²) in [7, 11) is 0. The van der Waals surface area contributed by atoms with Crippen molar-refractivity contribution >= 4 is 0 Å². The van der Waals surface area contributed by atoms with Gasteiger partial charge >= 0.3 is 0 Å². The summed E-state index contributed by atoms with van der Waals surface area (Å²) in [5.74, 6) is 0. The third-order valence-corrected chi connectivity index (χ3v) is 3.30. The van der Waals surface area contributed by atoms with Crippen LogP contribution in [0.3, 0.4) is 0 Å². The van der Waals surface area contributed by atoms with Crippen LogP contribution >= 0.6 is 0 Å². The summed E-state index contributed by atoms with van der Waals surface area (Å²) in [5.41, 5.74) is 6.85. The molecule has 0 aromatic carbocycles. The van der Waals surface area contributed by atoms with Gasteiger partial charge in [0.2, 0.25) is 0 Å². The first-order chi connectivity index (χ1) is 7.31. The molecular formula is C11H20N4. The normalized spacial score (nSPS) is 20.4. The molecule has 0 amide bonds. The largest absolute Gasteiger partial charge is 0.323 e. The number of aromatic nitrogens is 3. The van der Waals surface area contributed by atoms with E-state index in [9.17, 15) is 0 Å². The van der Waals surface area contributed by atoms with Crippen LogP contribution in [-0.4, -0.2) is 15.0 Å². The highest BCUT2D eigenvalue weighted by Crippen LogP contribution is 2.27. The number of hydrogen-bond acceptors (Lipinski definition) is 3. The second-order valence-corrected chi connectivity index (χ2v) is 4.43. The van der Waals surface area contributed by atoms with E-state index in [-0.39, 0.29) is 6.04 Å². The molecule has 1 saturated carbocycles. The Morgan fingerprint density at radius 3 is 2.87 bits per heavy atom. The molecule has 1 aliphatic rings. The zero-order chi connectivity index (χ0) is 10.7.